The second kappa shape index (κ2) is 9.78. The Morgan fingerprint density at radius 3 is 2.50 bits per heavy atom. The highest BCUT2D eigenvalue weighted by Crippen LogP contribution is 2.27. The number of benzene rings is 3. The van der Waals surface area contributed by atoms with Gasteiger partial charge in [-0.05, 0) is 42.5 Å². The highest BCUT2D eigenvalue weighted by atomic mass is 16.6. The molecule has 9 nitrogen and oxygen atoms in total. The van der Waals surface area contributed by atoms with Crippen molar-refractivity contribution in [2.24, 2.45) is 0 Å². The number of hydrogen-bond acceptors (Lipinski definition) is 7. The molecule has 4 aromatic rings. The van der Waals surface area contributed by atoms with Crippen molar-refractivity contribution in [2.45, 2.75) is 0 Å². The molecule has 0 spiro atoms. The molecule has 170 valence electrons. The number of anilines is 1. The molecule has 34 heavy (non-hydrogen) atoms. The summed E-state index contributed by atoms with van der Waals surface area (Å²) in [5.41, 5.74) is 2.28. The molecule has 0 unspecified atom stereocenters. The summed E-state index contributed by atoms with van der Waals surface area (Å²) in [4.78, 5) is 40.1. The molecule has 0 bridgehead atoms. The lowest BCUT2D eigenvalue weighted by Gasteiger charge is -2.11. The SMILES string of the molecule is COc1ccc(-c2cc(C(=O)OCC(=O)Nc3cccc([N+](=O)[O-])c3)c3ccccc3n2)cc1. The first kappa shape index (κ1) is 22.4. The molecule has 0 aliphatic heterocycles. The van der Waals surface area contributed by atoms with Gasteiger partial charge < -0.3 is 14.8 Å². The number of aromatic nitrogens is 1. The van der Waals surface area contributed by atoms with Crippen LogP contribution in [0.25, 0.3) is 22.2 Å². The monoisotopic (exact) mass is 457 g/mol. The summed E-state index contributed by atoms with van der Waals surface area (Å²) in [6.07, 6.45) is 0. The van der Waals surface area contributed by atoms with Crippen LogP contribution in [0.3, 0.4) is 0 Å². The van der Waals surface area contributed by atoms with E-state index in [1.165, 1.54) is 24.3 Å². The van der Waals surface area contributed by atoms with Crippen LogP contribution in [0.2, 0.25) is 0 Å². The number of rotatable bonds is 7. The minimum absolute atomic E-state index is 0.163. The summed E-state index contributed by atoms with van der Waals surface area (Å²) in [6, 6.07) is 21.5. The predicted octanol–water partition coefficient (Wildman–Crippen LogP) is 4.61. The van der Waals surface area contributed by atoms with E-state index in [-0.39, 0.29) is 16.9 Å². The normalized spacial score (nSPS) is 10.5. The molecule has 0 fully saturated rings. The Hall–Kier alpha value is -4.79. The number of hydrogen-bond donors (Lipinski definition) is 1. The second-order valence-electron chi connectivity index (χ2n) is 7.23. The van der Waals surface area contributed by atoms with E-state index >= 15 is 0 Å². The summed E-state index contributed by atoms with van der Waals surface area (Å²) in [5.74, 6) is -0.621. The maximum atomic E-state index is 12.9. The Labute approximate surface area is 194 Å². The Balaban J connectivity index is 1.54. The Morgan fingerprint density at radius 1 is 1.00 bits per heavy atom. The molecule has 0 aliphatic carbocycles. The number of para-hydroxylation sites is 1. The molecule has 0 atom stereocenters. The zero-order chi connectivity index (χ0) is 24.1. The largest absolute Gasteiger partial charge is 0.497 e. The summed E-state index contributed by atoms with van der Waals surface area (Å²) in [5, 5.41) is 14.0. The molecule has 4 rings (SSSR count). The van der Waals surface area contributed by atoms with Gasteiger partial charge in [-0.2, -0.15) is 0 Å². The summed E-state index contributed by atoms with van der Waals surface area (Å²) in [6.45, 7) is -0.559. The van der Waals surface area contributed by atoms with Crippen molar-refractivity contribution < 1.29 is 24.0 Å². The average Bonchev–Trinajstić information content (AvgIpc) is 2.86. The number of nitro groups is 1. The number of pyridine rings is 1. The molecule has 9 heteroatoms. The molecule has 3 aromatic carbocycles. The summed E-state index contributed by atoms with van der Waals surface area (Å²) < 4.78 is 10.4. The lowest BCUT2D eigenvalue weighted by Crippen LogP contribution is -2.21. The third kappa shape index (κ3) is 4.99. The van der Waals surface area contributed by atoms with Gasteiger partial charge in [0.25, 0.3) is 11.6 Å². The number of ether oxygens (including phenoxy) is 2. The van der Waals surface area contributed by atoms with E-state index in [1.807, 2.05) is 18.2 Å². The minimum Gasteiger partial charge on any atom is -0.497 e. The van der Waals surface area contributed by atoms with Gasteiger partial charge in [0, 0.05) is 28.8 Å². The van der Waals surface area contributed by atoms with Gasteiger partial charge in [-0.1, -0.05) is 24.3 Å². The van der Waals surface area contributed by atoms with Gasteiger partial charge in [0.1, 0.15) is 5.75 Å². The Kier molecular flexibility index (Phi) is 6.45. The molecule has 1 heterocycles. The molecule has 0 saturated carbocycles. The van der Waals surface area contributed by atoms with Crippen molar-refractivity contribution in [3.63, 3.8) is 0 Å². The number of nitrogens with one attached hydrogen (secondary N) is 1. The first-order chi connectivity index (χ1) is 16.4. The molecule has 0 saturated heterocycles. The van der Waals surface area contributed by atoms with Crippen LogP contribution >= 0.6 is 0 Å². The number of carbonyl (C=O) groups is 2. The maximum Gasteiger partial charge on any atom is 0.339 e. The second-order valence-corrected chi connectivity index (χ2v) is 7.23. The van der Waals surface area contributed by atoms with Crippen LogP contribution in [-0.2, 0) is 9.53 Å². The lowest BCUT2D eigenvalue weighted by molar-refractivity contribution is -0.384. The number of esters is 1. The lowest BCUT2D eigenvalue weighted by atomic mass is 10.0. The van der Waals surface area contributed by atoms with Crippen molar-refractivity contribution in [3.8, 4) is 17.0 Å². The molecular weight excluding hydrogens is 438 g/mol. The highest BCUT2D eigenvalue weighted by molar-refractivity contribution is 6.05. The van der Waals surface area contributed by atoms with Crippen molar-refractivity contribution in [3.05, 3.63) is 94.5 Å². The van der Waals surface area contributed by atoms with E-state index in [1.54, 1.807) is 43.5 Å². The molecule has 1 amide bonds. The van der Waals surface area contributed by atoms with E-state index in [2.05, 4.69) is 10.3 Å². The van der Waals surface area contributed by atoms with Gasteiger partial charge >= 0.3 is 5.97 Å². The quantitative estimate of drug-likeness (QED) is 0.244. The number of carbonyl (C=O) groups excluding carboxylic acids is 2. The highest BCUT2D eigenvalue weighted by Gasteiger charge is 2.17. The fraction of sp³-hybridized carbons (Fsp3) is 0.0800. The standard InChI is InChI=1S/C25H19N3O6/c1-33-19-11-9-16(10-12-19)23-14-21(20-7-2-3-8-22(20)27-23)25(30)34-15-24(29)26-17-5-4-6-18(13-17)28(31)32/h2-14H,15H2,1H3,(H,26,29). The number of nitro benzene ring substituents is 1. The van der Waals surface area contributed by atoms with Crippen molar-refractivity contribution in [1.82, 2.24) is 4.98 Å². The van der Waals surface area contributed by atoms with Crippen LogP contribution in [0, 0.1) is 10.1 Å². The van der Waals surface area contributed by atoms with E-state index in [0.717, 1.165) is 5.56 Å². The fourth-order valence-electron chi connectivity index (χ4n) is 3.36. The molecule has 1 aromatic heterocycles. The van der Waals surface area contributed by atoms with Gasteiger partial charge in [0.15, 0.2) is 6.61 Å². The van der Waals surface area contributed by atoms with Gasteiger partial charge in [-0.15, -0.1) is 0 Å². The van der Waals surface area contributed by atoms with E-state index in [4.69, 9.17) is 9.47 Å². The van der Waals surface area contributed by atoms with Crippen molar-refractivity contribution >= 4 is 34.2 Å². The third-order valence-electron chi connectivity index (χ3n) is 5.00. The molecule has 0 radical (unpaired) electrons. The van der Waals surface area contributed by atoms with Crippen LogP contribution in [0.5, 0.6) is 5.75 Å². The third-order valence-corrected chi connectivity index (χ3v) is 5.00. The molecular formula is C25H19N3O6. The first-order valence-electron chi connectivity index (χ1n) is 10.2. The van der Waals surface area contributed by atoms with Crippen molar-refractivity contribution in [1.29, 1.82) is 0 Å². The number of non-ortho nitro benzene ring substituents is 1. The molecule has 0 aliphatic rings. The number of fused-ring (bicyclic) bond motifs is 1. The summed E-state index contributed by atoms with van der Waals surface area (Å²) in [7, 11) is 1.58. The molecule has 1 N–H and O–H groups in total. The van der Waals surface area contributed by atoms with Gasteiger partial charge in [-0.3, -0.25) is 14.9 Å². The van der Waals surface area contributed by atoms with Crippen LogP contribution in [-0.4, -0.2) is 35.5 Å². The summed E-state index contributed by atoms with van der Waals surface area (Å²) >= 11 is 0. The van der Waals surface area contributed by atoms with Crippen LogP contribution in [0.4, 0.5) is 11.4 Å². The van der Waals surface area contributed by atoms with Crippen LogP contribution in [0.15, 0.2) is 78.9 Å². The van der Waals surface area contributed by atoms with Crippen molar-refractivity contribution in [2.75, 3.05) is 19.0 Å². The van der Waals surface area contributed by atoms with E-state index < -0.39 is 23.4 Å². The Morgan fingerprint density at radius 2 is 1.76 bits per heavy atom. The van der Waals surface area contributed by atoms with Crippen LogP contribution < -0.4 is 10.1 Å². The zero-order valence-electron chi connectivity index (χ0n) is 18.1. The number of nitrogens with zero attached hydrogens (tertiary/aromatic N) is 2. The first-order valence-corrected chi connectivity index (χ1v) is 10.2. The van der Waals surface area contributed by atoms with E-state index in [0.29, 0.717) is 22.3 Å². The van der Waals surface area contributed by atoms with Gasteiger partial charge in [-0.25, -0.2) is 9.78 Å². The van der Waals surface area contributed by atoms with E-state index in [9.17, 15) is 19.7 Å². The predicted molar refractivity (Wildman–Crippen MR) is 126 cm³/mol. The topological polar surface area (TPSA) is 121 Å². The fourth-order valence-corrected chi connectivity index (χ4v) is 3.36. The van der Waals surface area contributed by atoms with Gasteiger partial charge in [0.2, 0.25) is 0 Å². The minimum atomic E-state index is -0.692. The Bertz CT molecular complexity index is 1390. The maximum absolute atomic E-state index is 12.9. The number of amides is 1. The average molecular weight is 457 g/mol. The van der Waals surface area contributed by atoms with Crippen LogP contribution in [0.1, 0.15) is 10.4 Å². The van der Waals surface area contributed by atoms with Gasteiger partial charge in [0.05, 0.1) is 28.8 Å². The smallest absolute Gasteiger partial charge is 0.339 e. The number of methoxy groups -OCH3 is 1. The zero-order valence-corrected chi connectivity index (χ0v) is 18.1.